The second kappa shape index (κ2) is 8.26. The summed E-state index contributed by atoms with van der Waals surface area (Å²) in [5.74, 6) is 1.06. The molecule has 0 radical (unpaired) electrons. The predicted octanol–water partition coefficient (Wildman–Crippen LogP) is 3.81. The molecule has 2 aliphatic carbocycles. The average Bonchev–Trinajstić information content (AvgIpc) is 2.57. The minimum atomic E-state index is -0.115. The molecule has 2 saturated carbocycles. The van der Waals surface area contributed by atoms with Crippen molar-refractivity contribution in [3.05, 3.63) is 0 Å². The number of nitrogens with zero attached hydrogens (tertiary/aromatic N) is 2. The van der Waals surface area contributed by atoms with E-state index in [0.29, 0.717) is 24.9 Å². The highest BCUT2D eigenvalue weighted by atomic mass is 16.1. The molecule has 0 aromatic carbocycles. The van der Waals surface area contributed by atoms with E-state index in [-0.39, 0.29) is 5.41 Å². The van der Waals surface area contributed by atoms with Crippen molar-refractivity contribution >= 4 is 12.2 Å². The molecule has 4 nitrogen and oxygen atoms in total. The van der Waals surface area contributed by atoms with Crippen LogP contribution in [0.15, 0.2) is 9.98 Å². The standard InChI is InChI=1S/C17H26N2O2/c20-13-18-11-17(12-19-14-21,15-7-3-1-4-8-15)16-9-5-2-6-10-16/h15-16H,1-12H2. The molecule has 0 atom stereocenters. The second-order valence-electron chi connectivity index (χ2n) is 6.72. The lowest BCUT2D eigenvalue weighted by Crippen LogP contribution is -2.45. The Hall–Kier alpha value is -1.24. The van der Waals surface area contributed by atoms with E-state index < -0.39 is 0 Å². The van der Waals surface area contributed by atoms with Crippen molar-refractivity contribution in [3.63, 3.8) is 0 Å². The van der Waals surface area contributed by atoms with Gasteiger partial charge in [0.1, 0.15) is 0 Å². The maximum atomic E-state index is 10.7. The van der Waals surface area contributed by atoms with Gasteiger partial charge in [-0.05, 0) is 37.5 Å². The molecule has 21 heavy (non-hydrogen) atoms. The van der Waals surface area contributed by atoms with Gasteiger partial charge in [0.05, 0.1) is 13.1 Å². The Labute approximate surface area is 127 Å². The molecule has 0 unspecified atom stereocenters. The summed E-state index contributed by atoms with van der Waals surface area (Å²) in [6, 6.07) is 0. The van der Waals surface area contributed by atoms with Crippen molar-refractivity contribution in [1.82, 2.24) is 0 Å². The Kier molecular flexibility index (Phi) is 6.35. The lowest BCUT2D eigenvalue weighted by atomic mass is 9.58. The van der Waals surface area contributed by atoms with Gasteiger partial charge in [-0.3, -0.25) is 0 Å². The fourth-order valence-corrected chi connectivity index (χ4v) is 4.61. The normalized spacial score (nSPS) is 21.3. The van der Waals surface area contributed by atoms with Gasteiger partial charge in [0.15, 0.2) is 0 Å². The summed E-state index contributed by atoms with van der Waals surface area (Å²) in [7, 11) is 0. The number of aliphatic imine (C=N–C) groups is 2. The molecular weight excluding hydrogens is 264 g/mol. The summed E-state index contributed by atoms with van der Waals surface area (Å²) < 4.78 is 0. The van der Waals surface area contributed by atoms with Crippen LogP contribution in [0.25, 0.3) is 0 Å². The van der Waals surface area contributed by atoms with E-state index >= 15 is 0 Å². The molecule has 0 saturated heterocycles. The molecule has 0 aliphatic heterocycles. The first-order valence-corrected chi connectivity index (χ1v) is 8.41. The minimum absolute atomic E-state index is 0.115. The predicted molar refractivity (Wildman–Crippen MR) is 81.6 cm³/mol. The van der Waals surface area contributed by atoms with Crippen molar-refractivity contribution in [2.45, 2.75) is 64.2 Å². The number of rotatable bonds is 6. The number of hydrogen-bond donors (Lipinski definition) is 0. The molecule has 2 rings (SSSR count). The topological polar surface area (TPSA) is 58.9 Å². The van der Waals surface area contributed by atoms with Crippen LogP contribution >= 0.6 is 0 Å². The van der Waals surface area contributed by atoms with Gasteiger partial charge in [-0.15, -0.1) is 0 Å². The van der Waals surface area contributed by atoms with Gasteiger partial charge in [0, 0.05) is 5.41 Å². The summed E-state index contributed by atoms with van der Waals surface area (Å²) in [5, 5.41) is 0. The largest absolute Gasteiger partial charge is 0.234 e. The Balaban J connectivity index is 2.29. The van der Waals surface area contributed by atoms with Gasteiger partial charge < -0.3 is 0 Å². The fraction of sp³-hybridized carbons (Fsp3) is 0.882. The van der Waals surface area contributed by atoms with Crippen molar-refractivity contribution in [2.24, 2.45) is 27.2 Å². The van der Waals surface area contributed by atoms with Gasteiger partial charge in [0.25, 0.3) is 0 Å². The van der Waals surface area contributed by atoms with E-state index in [1.54, 1.807) is 12.2 Å². The van der Waals surface area contributed by atoms with Gasteiger partial charge in [-0.25, -0.2) is 19.6 Å². The maximum absolute atomic E-state index is 10.7. The lowest BCUT2D eigenvalue weighted by Gasteiger charge is -2.47. The van der Waals surface area contributed by atoms with Crippen LogP contribution in [-0.4, -0.2) is 25.2 Å². The summed E-state index contributed by atoms with van der Waals surface area (Å²) in [5.41, 5.74) is -0.115. The number of isocyanates is 2. The molecule has 0 aromatic rings. The summed E-state index contributed by atoms with van der Waals surface area (Å²) in [4.78, 5) is 29.3. The average molecular weight is 290 g/mol. The SMILES string of the molecule is O=C=NCC(CN=C=O)(C1CCCCC1)C1CCCCC1. The second-order valence-corrected chi connectivity index (χ2v) is 6.72. The molecule has 116 valence electrons. The molecule has 2 aliphatic rings. The van der Waals surface area contributed by atoms with Crippen LogP contribution in [-0.2, 0) is 9.59 Å². The van der Waals surface area contributed by atoms with E-state index in [4.69, 9.17) is 0 Å². The summed E-state index contributed by atoms with van der Waals surface area (Å²) in [6.45, 7) is 0.966. The van der Waals surface area contributed by atoms with Crippen LogP contribution in [0.3, 0.4) is 0 Å². The molecular formula is C17H26N2O2. The Morgan fingerprint density at radius 1 is 0.714 bits per heavy atom. The third-order valence-electron chi connectivity index (χ3n) is 5.71. The van der Waals surface area contributed by atoms with Gasteiger partial charge in [0.2, 0.25) is 12.2 Å². The lowest BCUT2D eigenvalue weighted by molar-refractivity contribution is 0.0396. The summed E-state index contributed by atoms with van der Waals surface area (Å²) >= 11 is 0. The van der Waals surface area contributed by atoms with Gasteiger partial charge in [-0.2, -0.15) is 0 Å². The number of hydrogen-bond acceptors (Lipinski definition) is 4. The zero-order valence-electron chi connectivity index (χ0n) is 12.9. The quantitative estimate of drug-likeness (QED) is 0.551. The Morgan fingerprint density at radius 3 is 1.43 bits per heavy atom. The maximum Gasteiger partial charge on any atom is 0.234 e. The first-order valence-electron chi connectivity index (χ1n) is 8.41. The minimum Gasteiger partial charge on any atom is -0.211 e. The molecule has 0 heterocycles. The van der Waals surface area contributed by atoms with E-state index in [2.05, 4.69) is 9.98 Å². The third-order valence-corrected chi connectivity index (χ3v) is 5.71. The van der Waals surface area contributed by atoms with Crippen LogP contribution < -0.4 is 0 Å². The van der Waals surface area contributed by atoms with Crippen LogP contribution in [0.4, 0.5) is 0 Å². The van der Waals surface area contributed by atoms with E-state index in [0.717, 1.165) is 0 Å². The zero-order valence-corrected chi connectivity index (χ0v) is 12.9. The Bertz CT molecular complexity index is 371. The zero-order chi connectivity index (χ0) is 15.0. The van der Waals surface area contributed by atoms with Gasteiger partial charge in [-0.1, -0.05) is 38.5 Å². The fourth-order valence-electron chi connectivity index (χ4n) is 4.61. The van der Waals surface area contributed by atoms with Crippen molar-refractivity contribution in [1.29, 1.82) is 0 Å². The molecule has 0 amide bonds. The molecule has 0 aromatic heterocycles. The molecule has 0 spiro atoms. The third kappa shape index (κ3) is 3.90. The molecule has 2 fully saturated rings. The van der Waals surface area contributed by atoms with Crippen LogP contribution in [0, 0.1) is 17.3 Å². The van der Waals surface area contributed by atoms with Crippen molar-refractivity contribution in [3.8, 4) is 0 Å². The smallest absolute Gasteiger partial charge is 0.211 e. The number of carbonyl (C=O) groups excluding carboxylic acids is 2. The highest BCUT2D eigenvalue weighted by Crippen LogP contribution is 2.49. The molecule has 0 N–H and O–H groups in total. The first kappa shape index (κ1) is 16.1. The van der Waals surface area contributed by atoms with Crippen molar-refractivity contribution < 1.29 is 9.59 Å². The molecule has 0 bridgehead atoms. The van der Waals surface area contributed by atoms with Crippen LogP contribution in [0.1, 0.15) is 64.2 Å². The molecule has 4 heteroatoms. The van der Waals surface area contributed by atoms with E-state index in [1.165, 1.54) is 64.2 Å². The Morgan fingerprint density at radius 2 is 1.10 bits per heavy atom. The van der Waals surface area contributed by atoms with Crippen LogP contribution in [0.5, 0.6) is 0 Å². The highest BCUT2D eigenvalue weighted by Gasteiger charge is 2.45. The van der Waals surface area contributed by atoms with Crippen molar-refractivity contribution in [2.75, 3.05) is 13.1 Å². The summed E-state index contributed by atoms with van der Waals surface area (Å²) in [6.07, 6.45) is 15.7. The van der Waals surface area contributed by atoms with E-state index in [9.17, 15) is 9.59 Å². The highest BCUT2D eigenvalue weighted by molar-refractivity contribution is 5.34. The van der Waals surface area contributed by atoms with Crippen LogP contribution in [0.2, 0.25) is 0 Å². The van der Waals surface area contributed by atoms with E-state index in [1.807, 2.05) is 0 Å². The van der Waals surface area contributed by atoms with Gasteiger partial charge >= 0.3 is 0 Å². The first-order chi connectivity index (χ1) is 10.3. The monoisotopic (exact) mass is 290 g/mol.